The number of aromatic amines is 1. The monoisotopic (exact) mass is 475 g/mol. The molecule has 4 aromatic rings. The van der Waals surface area contributed by atoms with Gasteiger partial charge in [-0.1, -0.05) is 61.9 Å². The molecule has 0 fully saturated rings. The minimum atomic E-state index is -0.321. The van der Waals surface area contributed by atoms with E-state index < -0.39 is 0 Å². The fourth-order valence-corrected chi connectivity index (χ4v) is 4.01. The van der Waals surface area contributed by atoms with Crippen molar-refractivity contribution in [3.63, 3.8) is 0 Å². The molecule has 4 rings (SSSR count). The van der Waals surface area contributed by atoms with Crippen LogP contribution in [-0.2, 0) is 28.9 Å². The molecule has 2 aromatic carbocycles. The molecule has 0 aliphatic carbocycles. The van der Waals surface area contributed by atoms with Gasteiger partial charge in [-0.25, -0.2) is 9.67 Å². The van der Waals surface area contributed by atoms with Gasteiger partial charge in [0.2, 0.25) is 5.82 Å². The van der Waals surface area contributed by atoms with Gasteiger partial charge in [-0.2, -0.15) is 10.3 Å². The number of nitrogens with zero attached hydrogens (tertiary/aromatic N) is 6. The number of aromatic nitrogens is 7. The molecule has 1 N–H and O–H groups in total. The van der Waals surface area contributed by atoms with Crippen molar-refractivity contribution < 1.29 is 9.47 Å². The Labute approximate surface area is 205 Å². The zero-order valence-electron chi connectivity index (χ0n) is 20.6. The number of hydrogen-bond acceptors (Lipinski definition) is 7. The Kier molecular flexibility index (Phi) is 8.69. The maximum absolute atomic E-state index is 5.70. The van der Waals surface area contributed by atoms with E-state index in [-0.39, 0.29) is 6.29 Å². The van der Waals surface area contributed by atoms with E-state index in [4.69, 9.17) is 19.6 Å². The van der Waals surface area contributed by atoms with Crippen molar-refractivity contribution in [2.45, 2.75) is 59.3 Å². The molecule has 0 bridgehead atoms. The van der Waals surface area contributed by atoms with Gasteiger partial charge in [0.1, 0.15) is 5.82 Å². The van der Waals surface area contributed by atoms with Crippen LogP contribution in [0, 0.1) is 0 Å². The first kappa shape index (κ1) is 24.7. The van der Waals surface area contributed by atoms with Crippen molar-refractivity contribution in [3.8, 4) is 22.5 Å². The first-order chi connectivity index (χ1) is 17.2. The number of benzene rings is 2. The summed E-state index contributed by atoms with van der Waals surface area (Å²) in [7, 11) is 0. The number of ether oxygens (including phenoxy) is 2. The summed E-state index contributed by atoms with van der Waals surface area (Å²) in [4.78, 5) is 4.82. The molecule has 0 unspecified atom stereocenters. The van der Waals surface area contributed by atoms with E-state index in [1.807, 2.05) is 36.7 Å². The van der Waals surface area contributed by atoms with E-state index in [0.29, 0.717) is 32.0 Å². The molecule has 0 saturated heterocycles. The van der Waals surface area contributed by atoms with E-state index >= 15 is 0 Å². The second kappa shape index (κ2) is 12.3. The molecule has 0 aliphatic heterocycles. The average molecular weight is 476 g/mol. The van der Waals surface area contributed by atoms with Crippen LogP contribution in [0.5, 0.6) is 0 Å². The Bertz CT molecular complexity index is 1170. The second-order valence-electron chi connectivity index (χ2n) is 8.23. The summed E-state index contributed by atoms with van der Waals surface area (Å²) < 4.78 is 13.4. The molecule has 0 aliphatic rings. The number of nitrogens with one attached hydrogen (secondary N) is 1. The highest BCUT2D eigenvalue weighted by Gasteiger charge is 2.16. The molecule has 0 amide bonds. The number of unbranched alkanes of at least 4 members (excludes halogenated alkanes) is 1. The van der Waals surface area contributed by atoms with Gasteiger partial charge in [-0.05, 0) is 42.2 Å². The molecule has 9 nitrogen and oxygen atoms in total. The molecule has 0 spiro atoms. The summed E-state index contributed by atoms with van der Waals surface area (Å²) in [5.74, 6) is 2.34. The van der Waals surface area contributed by atoms with Gasteiger partial charge in [0.25, 0.3) is 0 Å². The number of hydrogen-bond donors (Lipinski definition) is 1. The molecule has 2 aromatic heterocycles. The third kappa shape index (κ3) is 6.37. The molecule has 184 valence electrons. The lowest BCUT2D eigenvalue weighted by molar-refractivity contribution is -0.135. The maximum Gasteiger partial charge on any atom is 0.205 e. The highest BCUT2D eigenvalue weighted by molar-refractivity contribution is 5.80. The molecule has 0 radical (unpaired) electrons. The fraction of sp³-hybridized carbons (Fsp3) is 0.423. The maximum atomic E-state index is 5.70. The molecule has 35 heavy (non-hydrogen) atoms. The average Bonchev–Trinajstić information content (AvgIpc) is 3.54. The quantitative estimate of drug-likeness (QED) is 0.285. The Morgan fingerprint density at radius 2 is 1.69 bits per heavy atom. The molecular formula is C26H33N7O2. The standard InChI is InChI=1S/C26H33N7O2/c1-4-7-12-24-27-23(17-25(34-5-2)35-6-3)30-33(24)18-19-13-15-20(16-14-19)21-10-8-9-11-22(21)26-28-31-32-29-26/h8-11,13-16,25H,4-7,12,17-18H2,1-3H3,(H,28,29,31,32). The van der Waals surface area contributed by atoms with Crippen molar-refractivity contribution in [2.75, 3.05) is 13.2 Å². The lowest BCUT2D eigenvalue weighted by Crippen LogP contribution is -2.21. The van der Waals surface area contributed by atoms with Crippen LogP contribution in [0.4, 0.5) is 0 Å². The highest BCUT2D eigenvalue weighted by Crippen LogP contribution is 2.29. The van der Waals surface area contributed by atoms with E-state index in [1.165, 1.54) is 0 Å². The Morgan fingerprint density at radius 1 is 0.943 bits per heavy atom. The summed E-state index contributed by atoms with van der Waals surface area (Å²) in [6.45, 7) is 7.97. The van der Waals surface area contributed by atoms with Crippen LogP contribution in [0.15, 0.2) is 48.5 Å². The van der Waals surface area contributed by atoms with Crippen LogP contribution in [0.25, 0.3) is 22.5 Å². The van der Waals surface area contributed by atoms with Gasteiger partial charge in [0, 0.05) is 25.2 Å². The van der Waals surface area contributed by atoms with Crippen LogP contribution in [0.2, 0.25) is 0 Å². The number of rotatable bonds is 13. The van der Waals surface area contributed by atoms with E-state index in [2.05, 4.69) is 57.9 Å². The fourth-order valence-electron chi connectivity index (χ4n) is 4.01. The molecule has 9 heteroatoms. The Hall–Kier alpha value is -3.43. The molecule has 0 saturated carbocycles. The summed E-state index contributed by atoms with van der Waals surface area (Å²) in [5.41, 5.74) is 4.25. The number of tetrazole rings is 1. The summed E-state index contributed by atoms with van der Waals surface area (Å²) in [5, 5.41) is 19.3. The summed E-state index contributed by atoms with van der Waals surface area (Å²) in [6, 6.07) is 16.6. The molecule has 0 atom stereocenters. The van der Waals surface area contributed by atoms with Gasteiger partial charge >= 0.3 is 0 Å². The lowest BCUT2D eigenvalue weighted by Gasteiger charge is -2.14. The summed E-state index contributed by atoms with van der Waals surface area (Å²) in [6.07, 6.45) is 3.30. The van der Waals surface area contributed by atoms with Crippen molar-refractivity contribution in [3.05, 3.63) is 65.7 Å². The molecule has 2 heterocycles. The summed E-state index contributed by atoms with van der Waals surface area (Å²) >= 11 is 0. The SMILES string of the molecule is CCCCc1nc(CC(OCC)OCC)nn1Cc1ccc(-c2ccccc2-c2nn[nH]n2)cc1. The third-order valence-corrected chi connectivity index (χ3v) is 5.71. The largest absolute Gasteiger partial charge is 0.352 e. The Balaban J connectivity index is 1.54. The van der Waals surface area contributed by atoms with E-state index in [1.54, 1.807) is 0 Å². The van der Waals surface area contributed by atoms with Gasteiger partial charge in [0.15, 0.2) is 12.1 Å². The first-order valence-corrected chi connectivity index (χ1v) is 12.3. The zero-order chi connectivity index (χ0) is 24.5. The van der Waals surface area contributed by atoms with Gasteiger partial charge in [-0.3, -0.25) is 0 Å². The van der Waals surface area contributed by atoms with Gasteiger partial charge in [0.05, 0.1) is 13.0 Å². The van der Waals surface area contributed by atoms with Crippen LogP contribution < -0.4 is 0 Å². The van der Waals surface area contributed by atoms with Crippen LogP contribution >= 0.6 is 0 Å². The highest BCUT2D eigenvalue weighted by atomic mass is 16.7. The Morgan fingerprint density at radius 3 is 2.34 bits per heavy atom. The third-order valence-electron chi connectivity index (χ3n) is 5.71. The lowest BCUT2D eigenvalue weighted by atomic mass is 9.98. The predicted octanol–water partition coefficient (Wildman–Crippen LogP) is 4.46. The van der Waals surface area contributed by atoms with Crippen molar-refractivity contribution in [2.24, 2.45) is 0 Å². The van der Waals surface area contributed by atoms with Crippen molar-refractivity contribution >= 4 is 0 Å². The topological polar surface area (TPSA) is 104 Å². The second-order valence-corrected chi connectivity index (χ2v) is 8.23. The van der Waals surface area contributed by atoms with E-state index in [9.17, 15) is 0 Å². The first-order valence-electron chi connectivity index (χ1n) is 12.3. The van der Waals surface area contributed by atoms with Crippen molar-refractivity contribution in [1.29, 1.82) is 0 Å². The number of aryl methyl sites for hydroxylation is 1. The van der Waals surface area contributed by atoms with Crippen molar-refractivity contribution in [1.82, 2.24) is 35.4 Å². The van der Waals surface area contributed by atoms with Gasteiger partial charge < -0.3 is 9.47 Å². The minimum Gasteiger partial charge on any atom is -0.352 e. The van der Waals surface area contributed by atoms with E-state index in [0.717, 1.165) is 53.2 Å². The zero-order valence-corrected chi connectivity index (χ0v) is 20.6. The van der Waals surface area contributed by atoms with Crippen LogP contribution in [0.1, 0.15) is 50.8 Å². The van der Waals surface area contributed by atoms with Crippen LogP contribution in [-0.4, -0.2) is 54.9 Å². The van der Waals surface area contributed by atoms with Gasteiger partial charge in [-0.15, -0.1) is 10.2 Å². The number of H-pyrrole nitrogens is 1. The predicted molar refractivity (Wildman–Crippen MR) is 134 cm³/mol. The molecular weight excluding hydrogens is 442 g/mol. The normalized spacial score (nSPS) is 11.4. The minimum absolute atomic E-state index is 0.321. The van der Waals surface area contributed by atoms with Crippen LogP contribution in [0.3, 0.4) is 0 Å². The smallest absolute Gasteiger partial charge is 0.205 e.